The lowest BCUT2D eigenvalue weighted by atomic mass is 9.84. The number of pyridine rings is 1. The van der Waals surface area contributed by atoms with Crippen LogP contribution in [0, 0.1) is 6.92 Å². The smallest absolute Gasteiger partial charge is 0.484 e. The fourth-order valence-electron chi connectivity index (χ4n) is 3.67. The molecule has 2 fully saturated rings. The van der Waals surface area contributed by atoms with Crippen LogP contribution in [0.4, 0.5) is 13.2 Å². The van der Waals surface area contributed by atoms with Crippen molar-refractivity contribution >= 4 is 11.9 Å². The van der Waals surface area contributed by atoms with Crippen LogP contribution in [0.25, 0.3) is 0 Å². The summed E-state index contributed by atoms with van der Waals surface area (Å²) >= 11 is 0. The molecule has 1 aromatic heterocycles. The van der Waals surface area contributed by atoms with E-state index in [0.717, 1.165) is 24.2 Å². The molecule has 1 unspecified atom stereocenters. The van der Waals surface area contributed by atoms with Crippen molar-refractivity contribution in [1.29, 1.82) is 0 Å². The third-order valence-corrected chi connectivity index (χ3v) is 5.37. The number of carboxylic acid groups (broad SMARTS) is 1. The standard InChI is InChI=1S/C21H24N2O4.C2HF3O2/c1-16-6-2-3-7-18(16)25-13-20(24)23-14-21(15-23)12-17(9-11-26-21)27-19-8-4-5-10-22-19;3-2(4,5)1(6)7/h2-8,10,17H,9,11-15H2,1H3;(H,6,7). The van der Waals surface area contributed by atoms with Gasteiger partial charge < -0.3 is 24.2 Å². The highest BCUT2D eigenvalue weighted by Crippen LogP contribution is 2.35. The predicted octanol–water partition coefficient (Wildman–Crippen LogP) is 3.24. The molecule has 1 amide bonds. The Bertz CT molecular complexity index is 980. The van der Waals surface area contributed by atoms with Gasteiger partial charge in [0.25, 0.3) is 5.91 Å². The number of hydrogen-bond donors (Lipinski definition) is 1. The third kappa shape index (κ3) is 6.83. The second-order valence-corrected chi connectivity index (χ2v) is 8.04. The monoisotopic (exact) mass is 482 g/mol. The van der Waals surface area contributed by atoms with Crippen LogP contribution in [0.1, 0.15) is 18.4 Å². The number of ether oxygens (including phenoxy) is 3. The number of carboxylic acids is 1. The van der Waals surface area contributed by atoms with E-state index in [0.29, 0.717) is 25.6 Å². The number of aromatic nitrogens is 1. The summed E-state index contributed by atoms with van der Waals surface area (Å²) in [6, 6.07) is 13.3. The zero-order valence-electron chi connectivity index (χ0n) is 18.5. The van der Waals surface area contributed by atoms with Gasteiger partial charge in [0.15, 0.2) is 6.61 Å². The predicted molar refractivity (Wildman–Crippen MR) is 114 cm³/mol. The van der Waals surface area contributed by atoms with Gasteiger partial charge >= 0.3 is 12.1 Å². The minimum absolute atomic E-state index is 0.0137. The van der Waals surface area contributed by atoms with E-state index in [1.165, 1.54) is 0 Å². The highest BCUT2D eigenvalue weighted by atomic mass is 19.4. The second-order valence-electron chi connectivity index (χ2n) is 8.04. The molecule has 1 spiro atoms. The minimum Gasteiger partial charge on any atom is -0.484 e. The zero-order chi connectivity index (χ0) is 24.8. The fourth-order valence-corrected chi connectivity index (χ4v) is 3.67. The van der Waals surface area contributed by atoms with E-state index in [4.69, 9.17) is 24.1 Å². The molecule has 2 aliphatic heterocycles. The third-order valence-electron chi connectivity index (χ3n) is 5.37. The molecule has 1 N–H and O–H groups in total. The molecule has 0 saturated carbocycles. The van der Waals surface area contributed by atoms with Crippen LogP contribution in [0.3, 0.4) is 0 Å². The topological polar surface area (TPSA) is 98.2 Å². The van der Waals surface area contributed by atoms with Gasteiger partial charge in [-0.1, -0.05) is 24.3 Å². The number of nitrogens with zero attached hydrogens (tertiary/aromatic N) is 2. The number of carbonyl (C=O) groups excluding carboxylic acids is 1. The number of carbonyl (C=O) groups is 2. The lowest BCUT2D eigenvalue weighted by Gasteiger charge is -2.52. The minimum atomic E-state index is -5.08. The molecule has 0 aliphatic carbocycles. The van der Waals surface area contributed by atoms with Gasteiger partial charge in [-0.3, -0.25) is 4.79 Å². The van der Waals surface area contributed by atoms with Crippen molar-refractivity contribution in [2.75, 3.05) is 26.3 Å². The number of para-hydroxylation sites is 1. The van der Waals surface area contributed by atoms with E-state index in [2.05, 4.69) is 4.98 Å². The molecule has 0 bridgehead atoms. The van der Waals surface area contributed by atoms with E-state index in [1.54, 1.807) is 11.1 Å². The number of hydrogen-bond acceptors (Lipinski definition) is 6. The van der Waals surface area contributed by atoms with Crippen LogP contribution in [0.2, 0.25) is 0 Å². The summed E-state index contributed by atoms with van der Waals surface area (Å²) in [7, 11) is 0. The first kappa shape index (κ1) is 25.3. The Hall–Kier alpha value is -3.34. The first-order chi connectivity index (χ1) is 16.1. The largest absolute Gasteiger partial charge is 0.490 e. The Balaban J connectivity index is 0.000000406. The Kier molecular flexibility index (Phi) is 7.98. The van der Waals surface area contributed by atoms with Crippen LogP contribution in [0.5, 0.6) is 11.6 Å². The maximum Gasteiger partial charge on any atom is 0.490 e. The van der Waals surface area contributed by atoms with Gasteiger partial charge in [0, 0.05) is 25.1 Å². The number of alkyl halides is 3. The number of rotatable bonds is 5. The van der Waals surface area contributed by atoms with Gasteiger partial charge in [-0.2, -0.15) is 13.2 Å². The van der Waals surface area contributed by atoms with E-state index >= 15 is 0 Å². The van der Waals surface area contributed by atoms with Crippen LogP contribution in [-0.2, 0) is 14.3 Å². The number of benzene rings is 1. The van der Waals surface area contributed by atoms with Gasteiger partial charge in [-0.15, -0.1) is 0 Å². The highest BCUT2D eigenvalue weighted by Gasteiger charge is 2.50. The lowest BCUT2D eigenvalue weighted by Crippen LogP contribution is -2.68. The van der Waals surface area contributed by atoms with Crippen molar-refractivity contribution in [3.63, 3.8) is 0 Å². The van der Waals surface area contributed by atoms with Crippen LogP contribution in [-0.4, -0.2) is 71.1 Å². The summed E-state index contributed by atoms with van der Waals surface area (Å²) in [6.45, 7) is 3.83. The maximum absolute atomic E-state index is 12.4. The van der Waals surface area contributed by atoms with Crippen LogP contribution in [0.15, 0.2) is 48.7 Å². The molecule has 184 valence electrons. The lowest BCUT2D eigenvalue weighted by molar-refractivity contribution is -0.194. The van der Waals surface area contributed by atoms with Crippen LogP contribution < -0.4 is 9.47 Å². The van der Waals surface area contributed by atoms with Gasteiger partial charge in [0.2, 0.25) is 5.88 Å². The molecule has 2 aliphatic rings. The summed E-state index contributed by atoms with van der Waals surface area (Å²) < 4.78 is 49.4. The summed E-state index contributed by atoms with van der Waals surface area (Å²) in [6.07, 6.45) is -1.69. The first-order valence-electron chi connectivity index (χ1n) is 10.6. The van der Waals surface area contributed by atoms with Crippen molar-refractivity contribution in [2.24, 2.45) is 0 Å². The first-order valence-corrected chi connectivity index (χ1v) is 10.6. The number of halogens is 3. The number of aryl methyl sites for hydroxylation is 1. The van der Waals surface area contributed by atoms with Gasteiger partial charge in [0.1, 0.15) is 17.5 Å². The Morgan fingerprint density at radius 3 is 2.50 bits per heavy atom. The number of aliphatic carboxylic acids is 1. The van der Waals surface area contributed by atoms with E-state index in [1.807, 2.05) is 49.4 Å². The van der Waals surface area contributed by atoms with Crippen molar-refractivity contribution in [1.82, 2.24) is 9.88 Å². The molecule has 3 heterocycles. The Labute approximate surface area is 194 Å². The van der Waals surface area contributed by atoms with Crippen LogP contribution >= 0.6 is 0 Å². The quantitative estimate of drug-likeness (QED) is 0.699. The second kappa shape index (κ2) is 10.7. The zero-order valence-corrected chi connectivity index (χ0v) is 18.5. The van der Waals surface area contributed by atoms with Gasteiger partial charge in [-0.25, -0.2) is 9.78 Å². The molecule has 11 heteroatoms. The summed E-state index contributed by atoms with van der Waals surface area (Å²) in [5.41, 5.74) is 0.728. The normalized spacial score (nSPS) is 18.8. The molecule has 1 aromatic carbocycles. The molecule has 2 aromatic rings. The van der Waals surface area contributed by atoms with Crippen molar-refractivity contribution < 1.29 is 42.1 Å². The highest BCUT2D eigenvalue weighted by molar-refractivity contribution is 5.79. The summed E-state index contributed by atoms with van der Waals surface area (Å²) in [4.78, 5) is 27.3. The fraction of sp³-hybridized carbons (Fsp3) is 0.435. The van der Waals surface area contributed by atoms with Gasteiger partial charge in [-0.05, 0) is 24.6 Å². The van der Waals surface area contributed by atoms with Crippen molar-refractivity contribution in [3.05, 3.63) is 54.2 Å². The number of amides is 1. The Morgan fingerprint density at radius 2 is 1.88 bits per heavy atom. The van der Waals surface area contributed by atoms with Crippen molar-refractivity contribution in [2.45, 2.75) is 37.6 Å². The SMILES string of the molecule is Cc1ccccc1OCC(=O)N1CC2(CC(Oc3ccccn3)CCO2)C1.O=C(O)C(F)(F)F. The molecule has 4 rings (SSSR count). The summed E-state index contributed by atoms with van der Waals surface area (Å²) in [5, 5.41) is 7.12. The van der Waals surface area contributed by atoms with Crippen molar-refractivity contribution in [3.8, 4) is 11.6 Å². The average Bonchev–Trinajstić information content (AvgIpc) is 2.77. The number of likely N-dealkylation sites (tertiary alicyclic amines) is 1. The molecule has 2 saturated heterocycles. The molecule has 34 heavy (non-hydrogen) atoms. The van der Waals surface area contributed by atoms with E-state index in [-0.39, 0.29) is 24.2 Å². The Morgan fingerprint density at radius 1 is 1.21 bits per heavy atom. The molecular weight excluding hydrogens is 457 g/mol. The summed E-state index contributed by atoms with van der Waals surface area (Å²) in [5.74, 6) is -1.38. The van der Waals surface area contributed by atoms with Gasteiger partial charge in [0.05, 0.1) is 19.7 Å². The average molecular weight is 482 g/mol. The molecule has 1 atom stereocenters. The van der Waals surface area contributed by atoms with E-state index in [9.17, 15) is 18.0 Å². The molecule has 0 radical (unpaired) electrons. The van der Waals surface area contributed by atoms with E-state index < -0.39 is 12.1 Å². The molecular formula is C23H25F3N2O6. The maximum atomic E-state index is 12.4. The molecule has 8 nitrogen and oxygen atoms in total.